The molecule has 3 heterocycles. The van der Waals surface area contributed by atoms with Gasteiger partial charge in [-0.15, -0.1) is 0 Å². The third kappa shape index (κ3) is 3.31. The number of hydrazine groups is 1. The van der Waals surface area contributed by atoms with Crippen LogP contribution in [0.15, 0.2) is 12.2 Å². The molecule has 7 nitrogen and oxygen atoms in total. The molecule has 0 unspecified atom stereocenters. The van der Waals surface area contributed by atoms with Crippen molar-refractivity contribution < 1.29 is 23.8 Å². The molecule has 28 heavy (non-hydrogen) atoms. The zero-order chi connectivity index (χ0) is 20.5. The molecular weight excluding hydrogens is 501 g/mol. The number of alkyl halides is 6. The van der Waals surface area contributed by atoms with Gasteiger partial charge in [-0.1, -0.05) is 81.8 Å². The molecular formula is C15H14Cl6N2O5. The summed E-state index contributed by atoms with van der Waals surface area (Å²) in [4.78, 5) is 25.6. The summed E-state index contributed by atoms with van der Waals surface area (Å²) < 4.78 is 12.7. The molecule has 0 radical (unpaired) electrons. The maximum Gasteiger partial charge on any atom is 0.429 e. The van der Waals surface area contributed by atoms with Gasteiger partial charge < -0.3 is 14.2 Å². The van der Waals surface area contributed by atoms with Crippen LogP contribution >= 0.6 is 69.6 Å². The maximum absolute atomic E-state index is 12.8. The van der Waals surface area contributed by atoms with Crippen LogP contribution in [0.3, 0.4) is 0 Å². The number of carbonyl (C=O) groups is 2. The van der Waals surface area contributed by atoms with Crippen molar-refractivity contribution in [2.45, 2.75) is 50.1 Å². The minimum absolute atomic E-state index is 0.496. The van der Waals surface area contributed by atoms with Gasteiger partial charge in [0.25, 0.3) is 0 Å². The molecule has 0 aromatic carbocycles. The first-order valence-corrected chi connectivity index (χ1v) is 10.6. The molecule has 2 aliphatic carbocycles. The third-order valence-corrected chi connectivity index (χ3v) is 6.07. The molecule has 5 aliphatic rings. The molecule has 13 heteroatoms. The number of fused-ring (bicyclic) bond motifs is 1. The van der Waals surface area contributed by atoms with Crippen LogP contribution in [0.2, 0.25) is 0 Å². The Kier molecular flexibility index (Phi) is 5.11. The second-order valence-electron chi connectivity index (χ2n) is 7.04. The normalized spacial score (nSPS) is 35.5. The van der Waals surface area contributed by atoms with Crippen molar-refractivity contribution in [2.24, 2.45) is 0 Å². The summed E-state index contributed by atoms with van der Waals surface area (Å²) in [7, 11) is 0. The Labute approximate surface area is 190 Å². The Hall–Kier alpha value is -0.0200. The highest BCUT2D eigenvalue weighted by Crippen LogP contribution is 2.69. The molecule has 1 saturated carbocycles. The summed E-state index contributed by atoms with van der Waals surface area (Å²) in [6, 6.07) is -1.13. The van der Waals surface area contributed by atoms with Crippen molar-refractivity contribution in [2.75, 3.05) is 13.2 Å². The topological polar surface area (TPSA) is 71.6 Å². The van der Waals surface area contributed by atoms with Crippen molar-refractivity contribution in [3.63, 3.8) is 0 Å². The van der Waals surface area contributed by atoms with E-state index in [1.54, 1.807) is 0 Å². The molecule has 0 N–H and O–H groups in total. The third-order valence-electron chi connectivity index (χ3n) is 5.42. The Bertz CT molecular complexity index is 681. The summed E-state index contributed by atoms with van der Waals surface area (Å²) in [6.45, 7) is -0.992. The van der Waals surface area contributed by atoms with Crippen molar-refractivity contribution >= 4 is 81.8 Å². The largest absolute Gasteiger partial charge is 0.444 e. The van der Waals surface area contributed by atoms with E-state index in [1.165, 1.54) is 0 Å². The van der Waals surface area contributed by atoms with E-state index in [9.17, 15) is 9.59 Å². The molecule has 5 rings (SSSR count). The summed E-state index contributed by atoms with van der Waals surface area (Å²) in [6.07, 6.45) is 4.30. The van der Waals surface area contributed by atoms with Crippen LogP contribution in [0.1, 0.15) is 19.3 Å². The molecule has 3 aliphatic heterocycles. The second-order valence-corrected chi connectivity index (χ2v) is 12.1. The maximum atomic E-state index is 12.8. The fraction of sp³-hybridized carbons (Fsp3) is 0.733. The fourth-order valence-corrected chi connectivity index (χ4v) is 4.85. The van der Waals surface area contributed by atoms with Crippen molar-refractivity contribution in [1.29, 1.82) is 0 Å². The summed E-state index contributed by atoms with van der Waals surface area (Å²) in [5, 5.41) is 2.27. The first-order valence-electron chi connectivity index (χ1n) is 8.34. The van der Waals surface area contributed by atoms with Crippen LogP contribution < -0.4 is 0 Å². The molecule has 3 fully saturated rings. The number of hydrogen-bond acceptors (Lipinski definition) is 5. The lowest BCUT2D eigenvalue weighted by molar-refractivity contribution is -0.0881. The van der Waals surface area contributed by atoms with Gasteiger partial charge in [0.1, 0.15) is 36.5 Å². The van der Waals surface area contributed by atoms with Crippen molar-refractivity contribution in [3.8, 4) is 0 Å². The number of ether oxygens (including phenoxy) is 3. The molecule has 156 valence electrons. The van der Waals surface area contributed by atoms with E-state index in [2.05, 4.69) is 0 Å². The predicted octanol–water partition coefficient (Wildman–Crippen LogP) is 4.53. The number of amides is 2. The molecule has 4 atom stereocenters. The molecule has 2 saturated heterocycles. The van der Waals surface area contributed by atoms with Crippen molar-refractivity contribution in [3.05, 3.63) is 12.2 Å². The standard InChI is InChI=1S/C15H14Cl6N2O5/c16-14(17,18)6-26-10(24)22-8-2-3-9(13-5-1-4-12(8,13)28-13)23(22)11(25)27-7-15(19,20)21/h2-3,8-9H,1,4-7H2/t8-,9-,12-,13+/m0/s1. The molecule has 2 bridgehead atoms. The van der Waals surface area contributed by atoms with Crippen LogP contribution in [0, 0.1) is 0 Å². The summed E-state index contributed by atoms with van der Waals surface area (Å²) in [5.41, 5.74) is -1.12. The van der Waals surface area contributed by atoms with Gasteiger partial charge in [-0.05, 0) is 19.3 Å². The second kappa shape index (κ2) is 6.74. The monoisotopic (exact) mass is 512 g/mol. The Morgan fingerprint density at radius 3 is 1.64 bits per heavy atom. The van der Waals surface area contributed by atoms with E-state index in [4.69, 9.17) is 83.8 Å². The molecule has 0 aromatic heterocycles. The van der Waals surface area contributed by atoms with Gasteiger partial charge in [0.2, 0.25) is 7.59 Å². The zero-order valence-electron chi connectivity index (χ0n) is 14.0. The SMILES string of the molecule is O=C(OCC(Cl)(Cl)Cl)N1[C@H]2C=C[C@H](N1C(=O)OCC(Cl)(Cl)Cl)[C@]13CCC[C@]21O3. The number of hydrogen-bond donors (Lipinski definition) is 0. The number of epoxide rings is 1. The van der Waals surface area contributed by atoms with Crippen LogP contribution in [-0.2, 0) is 14.2 Å². The Balaban J connectivity index is 1.61. The molecule has 0 aromatic rings. The highest BCUT2D eigenvalue weighted by atomic mass is 35.6. The van der Waals surface area contributed by atoms with E-state index in [0.717, 1.165) is 29.3 Å². The smallest absolute Gasteiger partial charge is 0.429 e. The zero-order valence-corrected chi connectivity index (χ0v) is 18.6. The highest BCUT2D eigenvalue weighted by molar-refractivity contribution is 6.68. The van der Waals surface area contributed by atoms with Gasteiger partial charge in [0.05, 0.1) is 0 Å². The summed E-state index contributed by atoms with van der Waals surface area (Å²) >= 11 is 34.0. The van der Waals surface area contributed by atoms with Crippen LogP contribution in [0.4, 0.5) is 9.59 Å². The minimum Gasteiger partial charge on any atom is -0.444 e. The van der Waals surface area contributed by atoms with E-state index in [1.807, 2.05) is 12.2 Å². The van der Waals surface area contributed by atoms with E-state index in [-0.39, 0.29) is 0 Å². The fourth-order valence-electron chi connectivity index (χ4n) is 4.53. The average Bonchev–Trinajstić information content (AvgIpc) is 3.14. The quantitative estimate of drug-likeness (QED) is 0.307. The van der Waals surface area contributed by atoms with Crippen molar-refractivity contribution in [1.82, 2.24) is 10.0 Å². The van der Waals surface area contributed by atoms with Gasteiger partial charge in [-0.25, -0.2) is 19.6 Å². The van der Waals surface area contributed by atoms with Crippen LogP contribution in [-0.4, -0.2) is 66.3 Å². The van der Waals surface area contributed by atoms with Gasteiger partial charge in [0, 0.05) is 0 Å². The number of nitrogens with zero attached hydrogens (tertiary/aromatic N) is 2. The van der Waals surface area contributed by atoms with Gasteiger partial charge >= 0.3 is 12.2 Å². The molecule has 0 spiro atoms. The lowest BCUT2D eigenvalue weighted by Gasteiger charge is -2.50. The molecule has 2 amide bonds. The lowest BCUT2D eigenvalue weighted by atomic mass is 9.76. The van der Waals surface area contributed by atoms with Gasteiger partial charge in [-0.2, -0.15) is 0 Å². The number of carbonyl (C=O) groups excluding carboxylic acids is 2. The summed E-state index contributed by atoms with van der Waals surface area (Å²) in [5.74, 6) is 0. The van der Waals surface area contributed by atoms with Crippen LogP contribution in [0.5, 0.6) is 0 Å². The van der Waals surface area contributed by atoms with E-state index in [0.29, 0.717) is 0 Å². The number of halogens is 6. The van der Waals surface area contributed by atoms with E-state index >= 15 is 0 Å². The number of rotatable bonds is 2. The minimum atomic E-state index is -1.80. The lowest BCUT2D eigenvalue weighted by Crippen LogP contribution is -2.71. The first kappa shape index (κ1) is 21.2. The van der Waals surface area contributed by atoms with Gasteiger partial charge in [-0.3, -0.25) is 0 Å². The predicted molar refractivity (Wildman–Crippen MR) is 104 cm³/mol. The highest BCUT2D eigenvalue weighted by Gasteiger charge is 2.85. The van der Waals surface area contributed by atoms with Gasteiger partial charge in [0.15, 0.2) is 0 Å². The first-order chi connectivity index (χ1) is 12.9. The Morgan fingerprint density at radius 2 is 1.29 bits per heavy atom. The Morgan fingerprint density at radius 1 is 0.893 bits per heavy atom. The average molecular weight is 515 g/mol. The van der Waals surface area contributed by atoms with E-state index < -0.39 is 56.3 Å². The van der Waals surface area contributed by atoms with Crippen LogP contribution in [0.25, 0.3) is 0 Å².